The smallest absolute Gasteiger partial charge is 0.225 e. The summed E-state index contributed by atoms with van der Waals surface area (Å²) in [5.74, 6) is 2.11. The molecule has 1 saturated heterocycles. The number of anilines is 3. The molecule has 1 aromatic heterocycles. The summed E-state index contributed by atoms with van der Waals surface area (Å²) in [4.78, 5) is 27.5. The first-order valence-corrected chi connectivity index (χ1v) is 15.2. The van der Waals surface area contributed by atoms with Crippen LogP contribution in [0.3, 0.4) is 0 Å². The molecule has 220 valence electrons. The molecular weight excluding hydrogens is 524 g/mol. The number of benzene rings is 3. The summed E-state index contributed by atoms with van der Waals surface area (Å²) in [6.45, 7) is 10.9. The number of ether oxygens (including phenoxy) is 1. The zero-order valence-electron chi connectivity index (χ0n) is 24.8. The average Bonchev–Trinajstić information content (AvgIpc) is 3.03. The molecule has 1 aliphatic rings. The molecule has 1 aliphatic heterocycles. The Hall–Kier alpha value is -4.01. The predicted molar refractivity (Wildman–Crippen MR) is 172 cm³/mol. The Morgan fingerprint density at radius 3 is 2.43 bits per heavy atom. The van der Waals surface area contributed by atoms with E-state index in [9.17, 15) is 4.79 Å². The largest absolute Gasteiger partial charge is 0.492 e. The van der Waals surface area contributed by atoms with Crippen LogP contribution in [0.4, 0.5) is 17.2 Å². The third-order valence-corrected chi connectivity index (χ3v) is 7.84. The van der Waals surface area contributed by atoms with Crippen LogP contribution in [0, 0.1) is 0 Å². The Bertz CT molecular complexity index is 1450. The molecule has 0 radical (unpaired) electrons. The number of aromatic nitrogens is 2. The van der Waals surface area contributed by atoms with Crippen molar-refractivity contribution in [2.45, 2.75) is 39.5 Å². The lowest BCUT2D eigenvalue weighted by Crippen LogP contribution is -2.32. The Kier molecular flexibility index (Phi) is 10.4. The van der Waals surface area contributed by atoms with Gasteiger partial charge in [0.25, 0.3) is 0 Å². The molecule has 0 spiro atoms. The molecule has 1 fully saturated rings. The van der Waals surface area contributed by atoms with Gasteiger partial charge in [0, 0.05) is 36.1 Å². The molecule has 3 aromatic carbocycles. The van der Waals surface area contributed by atoms with Gasteiger partial charge in [0.1, 0.15) is 18.2 Å². The predicted octanol–water partition coefficient (Wildman–Crippen LogP) is 6.58. The van der Waals surface area contributed by atoms with Crippen molar-refractivity contribution < 1.29 is 9.53 Å². The number of amides is 1. The van der Waals surface area contributed by atoms with Gasteiger partial charge in [-0.15, -0.1) is 0 Å². The quantitative estimate of drug-likeness (QED) is 0.189. The number of carbonyl (C=O) groups is 1. The SMILES string of the molecule is CCN(CC)CCOc1ccc(Nc2nc(-c3ccccc3NC(=O)CCN3CCCCC3)nc3ccccc23)cc1. The maximum Gasteiger partial charge on any atom is 0.225 e. The fourth-order valence-electron chi connectivity index (χ4n) is 5.34. The number of piperidine rings is 1. The maximum atomic E-state index is 12.9. The average molecular weight is 567 g/mol. The first-order chi connectivity index (χ1) is 20.6. The van der Waals surface area contributed by atoms with E-state index in [2.05, 4.69) is 34.3 Å². The van der Waals surface area contributed by atoms with E-state index in [4.69, 9.17) is 14.7 Å². The summed E-state index contributed by atoms with van der Waals surface area (Å²) >= 11 is 0. The highest BCUT2D eigenvalue weighted by Gasteiger charge is 2.16. The van der Waals surface area contributed by atoms with Crippen molar-refractivity contribution in [3.63, 3.8) is 0 Å². The van der Waals surface area contributed by atoms with E-state index in [0.717, 1.165) is 67.2 Å². The molecule has 0 unspecified atom stereocenters. The number of likely N-dealkylation sites (tertiary alicyclic amines) is 1. The number of fused-ring (bicyclic) bond motifs is 1. The van der Waals surface area contributed by atoms with E-state index in [-0.39, 0.29) is 5.91 Å². The zero-order valence-corrected chi connectivity index (χ0v) is 24.8. The van der Waals surface area contributed by atoms with Gasteiger partial charge in [0.2, 0.25) is 5.91 Å². The van der Waals surface area contributed by atoms with Gasteiger partial charge in [-0.05, 0) is 87.6 Å². The van der Waals surface area contributed by atoms with Gasteiger partial charge in [-0.2, -0.15) is 0 Å². The molecule has 0 bridgehead atoms. The second-order valence-corrected chi connectivity index (χ2v) is 10.7. The molecule has 42 heavy (non-hydrogen) atoms. The van der Waals surface area contributed by atoms with Crippen LogP contribution in [-0.4, -0.2) is 71.6 Å². The van der Waals surface area contributed by atoms with E-state index < -0.39 is 0 Å². The van der Waals surface area contributed by atoms with Crippen molar-refractivity contribution in [2.24, 2.45) is 0 Å². The Morgan fingerprint density at radius 1 is 0.905 bits per heavy atom. The van der Waals surface area contributed by atoms with E-state index in [1.54, 1.807) is 0 Å². The minimum atomic E-state index is 0.00608. The van der Waals surface area contributed by atoms with Crippen molar-refractivity contribution in [2.75, 3.05) is 56.5 Å². The minimum Gasteiger partial charge on any atom is -0.492 e. The highest BCUT2D eigenvalue weighted by molar-refractivity contribution is 5.97. The van der Waals surface area contributed by atoms with Gasteiger partial charge in [-0.1, -0.05) is 44.5 Å². The third kappa shape index (κ3) is 7.84. The first kappa shape index (κ1) is 29.5. The summed E-state index contributed by atoms with van der Waals surface area (Å²) < 4.78 is 5.96. The molecule has 0 aliphatic carbocycles. The van der Waals surface area contributed by atoms with Crippen LogP contribution < -0.4 is 15.4 Å². The van der Waals surface area contributed by atoms with Crippen LogP contribution in [0.5, 0.6) is 5.75 Å². The number of hydrogen-bond acceptors (Lipinski definition) is 7. The first-order valence-electron chi connectivity index (χ1n) is 15.2. The fraction of sp³-hybridized carbons (Fsp3) is 0.382. The third-order valence-electron chi connectivity index (χ3n) is 7.84. The summed E-state index contributed by atoms with van der Waals surface area (Å²) in [6.07, 6.45) is 4.19. The van der Waals surface area contributed by atoms with Gasteiger partial charge in [-0.3, -0.25) is 4.79 Å². The minimum absolute atomic E-state index is 0.00608. The summed E-state index contributed by atoms with van der Waals surface area (Å²) in [5.41, 5.74) is 3.23. The van der Waals surface area contributed by atoms with Gasteiger partial charge >= 0.3 is 0 Å². The molecule has 0 atom stereocenters. The Morgan fingerprint density at radius 2 is 1.64 bits per heavy atom. The molecule has 8 nitrogen and oxygen atoms in total. The van der Waals surface area contributed by atoms with Gasteiger partial charge < -0.3 is 25.2 Å². The number of rotatable bonds is 13. The highest BCUT2D eigenvalue weighted by atomic mass is 16.5. The number of hydrogen-bond donors (Lipinski definition) is 2. The summed E-state index contributed by atoms with van der Waals surface area (Å²) in [6, 6.07) is 23.7. The van der Waals surface area contributed by atoms with Crippen LogP contribution in [0.2, 0.25) is 0 Å². The van der Waals surface area contributed by atoms with Crippen molar-refractivity contribution in [1.29, 1.82) is 0 Å². The maximum absolute atomic E-state index is 12.9. The number of likely N-dealkylation sites (N-methyl/N-ethyl adjacent to an activating group) is 1. The van der Waals surface area contributed by atoms with Crippen molar-refractivity contribution in [1.82, 2.24) is 19.8 Å². The van der Waals surface area contributed by atoms with Crippen molar-refractivity contribution in [3.05, 3.63) is 72.8 Å². The molecule has 8 heteroatoms. The number of nitrogens with one attached hydrogen (secondary N) is 2. The number of para-hydroxylation sites is 2. The number of carbonyl (C=O) groups excluding carboxylic acids is 1. The topological polar surface area (TPSA) is 82.6 Å². The summed E-state index contributed by atoms with van der Waals surface area (Å²) in [7, 11) is 0. The van der Waals surface area contributed by atoms with Crippen molar-refractivity contribution >= 4 is 34.0 Å². The van der Waals surface area contributed by atoms with E-state index in [1.165, 1.54) is 19.3 Å². The molecule has 2 heterocycles. The molecule has 2 N–H and O–H groups in total. The van der Waals surface area contributed by atoms with Gasteiger partial charge in [0.05, 0.1) is 11.2 Å². The monoisotopic (exact) mass is 566 g/mol. The molecule has 1 amide bonds. The lowest BCUT2D eigenvalue weighted by atomic mass is 10.1. The molecular formula is C34H42N6O2. The van der Waals surface area contributed by atoms with E-state index in [1.807, 2.05) is 72.8 Å². The number of nitrogens with zero attached hydrogens (tertiary/aromatic N) is 4. The Balaban J connectivity index is 1.32. The second kappa shape index (κ2) is 14.8. The van der Waals surface area contributed by atoms with Crippen LogP contribution in [0.1, 0.15) is 39.5 Å². The van der Waals surface area contributed by atoms with Crippen LogP contribution in [0.15, 0.2) is 72.8 Å². The lowest BCUT2D eigenvalue weighted by molar-refractivity contribution is -0.116. The fourth-order valence-corrected chi connectivity index (χ4v) is 5.34. The van der Waals surface area contributed by atoms with E-state index >= 15 is 0 Å². The van der Waals surface area contributed by atoms with E-state index in [0.29, 0.717) is 30.4 Å². The van der Waals surface area contributed by atoms with Crippen LogP contribution in [0.25, 0.3) is 22.3 Å². The van der Waals surface area contributed by atoms with Crippen molar-refractivity contribution in [3.8, 4) is 17.1 Å². The standard InChI is InChI=1S/C34H42N6O2/c1-3-39(4-2)24-25-42-27-18-16-26(17-19-27)35-33-29-13-7-9-15-31(29)37-34(38-33)28-12-6-8-14-30(28)36-32(41)20-23-40-21-10-5-11-22-40/h6-9,12-19H,3-5,10-11,20-25H2,1-2H3,(H,36,41)(H,35,37,38). The zero-order chi connectivity index (χ0) is 29.1. The van der Waals surface area contributed by atoms with Crippen LogP contribution in [-0.2, 0) is 4.79 Å². The molecule has 4 aromatic rings. The molecule has 0 saturated carbocycles. The normalized spacial score (nSPS) is 13.8. The Labute approximate surface area is 249 Å². The molecule has 5 rings (SSSR count). The second-order valence-electron chi connectivity index (χ2n) is 10.7. The summed E-state index contributed by atoms with van der Waals surface area (Å²) in [5, 5.41) is 7.53. The van der Waals surface area contributed by atoms with Crippen LogP contribution >= 0.6 is 0 Å². The van der Waals surface area contributed by atoms with Gasteiger partial charge in [0.15, 0.2) is 5.82 Å². The van der Waals surface area contributed by atoms with Gasteiger partial charge in [-0.25, -0.2) is 9.97 Å². The lowest BCUT2D eigenvalue weighted by Gasteiger charge is -2.26. The highest BCUT2D eigenvalue weighted by Crippen LogP contribution is 2.31.